The lowest BCUT2D eigenvalue weighted by molar-refractivity contribution is 0.888. The molecule has 0 aliphatic heterocycles. The third-order valence-electron chi connectivity index (χ3n) is 1.94. The summed E-state index contributed by atoms with van der Waals surface area (Å²) in [6.45, 7) is 0. The number of rotatable bonds is 2. The molecule has 0 amide bonds. The number of halogens is 1. The van der Waals surface area contributed by atoms with Crippen LogP contribution in [0.15, 0.2) is 28.7 Å². The molecule has 1 heterocycles. The lowest BCUT2D eigenvalue weighted by Crippen LogP contribution is -2.03. The first kappa shape index (κ1) is 9.97. The van der Waals surface area contributed by atoms with Gasteiger partial charge in [-0.15, -0.1) is 5.10 Å². The van der Waals surface area contributed by atoms with E-state index in [9.17, 15) is 0 Å². The molecule has 0 aliphatic rings. The molecule has 2 rings (SSSR count). The number of nitrogens with one attached hydrogen (secondary N) is 1. The lowest BCUT2D eigenvalue weighted by Gasteiger charge is -2.03. The second-order valence-electron chi connectivity index (χ2n) is 2.91. The number of hydrogen-bond acceptors (Lipinski definition) is 4. The maximum Gasteiger partial charge on any atom is 0.244 e. The SMILES string of the molecule is CNc1nc(N)n(-c2ccccc2Br)n1. The topological polar surface area (TPSA) is 68.8 Å². The molecule has 0 saturated carbocycles. The van der Waals surface area contributed by atoms with Gasteiger partial charge in [-0.2, -0.15) is 9.67 Å². The number of nitrogen functional groups attached to an aromatic ring is 1. The predicted molar refractivity (Wildman–Crippen MR) is 63.0 cm³/mol. The zero-order valence-electron chi connectivity index (χ0n) is 8.11. The van der Waals surface area contributed by atoms with Crippen molar-refractivity contribution in [1.82, 2.24) is 14.8 Å². The molecule has 5 nitrogen and oxygen atoms in total. The molecular formula is C9H10BrN5. The van der Waals surface area contributed by atoms with Gasteiger partial charge in [0.1, 0.15) is 0 Å². The van der Waals surface area contributed by atoms with Crippen LogP contribution in [-0.2, 0) is 0 Å². The smallest absolute Gasteiger partial charge is 0.244 e. The summed E-state index contributed by atoms with van der Waals surface area (Å²) in [5.41, 5.74) is 6.61. The van der Waals surface area contributed by atoms with E-state index < -0.39 is 0 Å². The molecule has 1 aromatic carbocycles. The highest BCUT2D eigenvalue weighted by molar-refractivity contribution is 9.10. The Labute approximate surface area is 95.4 Å². The molecule has 0 fully saturated rings. The number of nitrogens with two attached hydrogens (primary N) is 1. The molecule has 78 valence electrons. The van der Waals surface area contributed by atoms with Gasteiger partial charge in [0.25, 0.3) is 0 Å². The van der Waals surface area contributed by atoms with Gasteiger partial charge in [-0.3, -0.25) is 0 Å². The van der Waals surface area contributed by atoms with Gasteiger partial charge in [0, 0.05) is 11.5 Å². The Hall–Kier alpha value is -1.56. The number of hydrogen-bond donors (Lipinski definition) is 2. The summed E-state index contributed by atoms with van der Waals surface area (Å²) in [6, 6.07) is 7.68. The molecule has 0 unspecified atom stereocenters. The van der Waals surface area contributed by atoms with E-state index in [0.717, 1.165) is 10.2 Å². The first-order valence-electron chi connectivity index (χ1n) is 4.37. The van der Waals surface area contributed by atoms with Crippen LogP contribution in [-0.4, -0.2) is 21.8 Å². The minimum atomic E-state index is 0.353. The van der Waals surface area contributed by atoms with Gasteiger partial charge >= 0.3 is 0 Å². The van der Waals surface area contributed by atoms with Gasteiger partial charge in [0.15, 0.2) is 0 Å². The summed E-state index contributed by atoms with van der Waals surface area (Å²) in [4.78, 5) is 4.04. The van der Waals surface area contributed by atoms with E-state index in [1.807, 2.05) is 24.3 Å². The quantitative estimate of drug-likeness (QED) is 0.869. The normalized spacial score (nSPS) is 10.3. The summed E-state index contributed by atoms with van der Waals surface area (Å²) < 4.78 is 2.50. The molecule has 0 aliphatic carbocycles. The number of nitrogens with zero attached hydrogens (tertiary/aromatic N) is 3. The summed E-state index contributed by atoms with van der Waals surface area (Å²) in [6.07, 6.45) is 0. The molecule has 0 atom stereocenters. The monoisotopic (exact) mass is 267 g/mol. The Morgan fingerprint density at radius 3 is 2.73 bits per heavy atom. The minimum Gasteiger partial charge on any atom is -0.368 e. The Balaban J connectivity index is 2.54. The van der Waals surface area contributed by atoms with Crippen LogP contribution in [0.2, 0.25) is 0 Å². The zero-order valence-corrected chi connectivity index (χ0v) is 9.69. The van der Waals surface area contributed by atoms with Gasteiger partial charge in [-0.1, -0.05) is 12.1 Å². The molecule has 0 saturated heterocycles. The molecule has 1 aromatic heterocycles. The van der Waals surface area contributed by atoms with Crippen molar-refractivity contribution < 1.29 is 0 Å². The van der Waals surface area contributed by atoms with Gasteiger partial charge < -0.3 is 11.1 Å². The Bertz CT molecular complexity index is 479. The molecule has 3 N–H and O–H groups in total. The fourth-order valence-corrected chi connectivity index (χ4v) is 1.68. The van der Waals surface area contributed by atoms with E-state index in [1.54, 1.807) is 11.7 Å². The van der Waals surface area contributed by atoms with Crippen molar-refractivity contribution in [1.29, 1.82) is 0 Å². The van der Waals surface area contributed by atoms with Crippen molar-refractivity contribution in [3.63, 3.8) is 0 Å². The Kier molecular flexibility index (Phi) is 2.59. The Morgan fingerprint density at radius 1 is 1.40 bits per heavy atom. The van der Waals surface area contributed by atoms with Crippen LogP contribution >= 0.6 is 15.9 Å². The van der Waals surface area contributed by atoms with Crippen molar-refractivity contribution >= 4 is 27.8 Å². The second-order valence-corrected chi connectivity index (χ2v) is 3.76. The van der Waals surface area contributed by atoms with Crippen molar-refractivity contribution in [3.8, 4) is 5.69 Å². The second kappa shape index (κ2) is 3.90. The van der Waals surface area contributed by atoms with Crippen LogP contribution in [0.5, 0.6) is 0 Å². The van der Waals surface area contributed by atoms with E-state index in [-0.39, 0.29) is 0 Å². The van der Waals surface area contributed by atoms with Crippen LogP contribution in [0.4, 0.5) is 11.9 Å². The molecule has 0 spiro atoms. The van der Waals surface area contributed by atoms with Crippen molar-refractivity contribution in [2.24, 2.45) is 0 Å². The van der Waals surface area contributed by atoms with E-state index in [1.165, 1.54) is 0 Å². The van der Waals surface area contributed by atoms with Gasteiger partial charge in [0.05, 0.1) is 5.69 Å². The van der Waals surface area contributed by atoms with E-state index in [2.05, 4.69) is 31.3 Å². The zero-order chi connectivity index (χ0) is 10.8. The van der Waals surface area contributed by atoms with E-state index in [0.29, 0.717) is 11.9 Å². The molecule has 6 heteroatoms. The van der Waals surface area contributed by atoms with Gasteiger partial charge in [0.2, 0.25) is 11.9 Å². The highest BCUT2D eigenvalue weighted by atomic mass is 79.9. The van der Waals surface area contributed by atoms with Crippen LogP contribution in [0, 0.1) is 0 Å². The summed E-state index contributed by atoms with van der Waals surface area (Å²) >= 11 is 3.43. The summed E-state index contributed by atoms with van der Waals surface area (Å²) in [5, 5.41) is 7.04. The lowest BCUT2D eigenvalue weighted by atomic mass is 10.3. The number of benzene rings is 1. The molecule has 0 radical (unpaired) electrons. The molecule has 2 aromatic rings. The first-order chi connectivity index (χ1) is 7.22. The number of anilines is 2. The first-order valence-corrected chi connectivity index (χ1v) is 5.17. The van der Waals surface area contributed by atoms with Crippen LogP contribution in [0.3, 0.4) is 0 Å². The average Bonchev–Trinajstić information content (AvgIpc) is 2.60. The highest BCUT2D eigenvalue weighted by Crippen LogP contribution is 2.22. The largest absolute Gasteiger partial charge is 0.368 e. The molecule has 15 heavy (non-hydrogen) atoms. The fourth-order valence-electron chi connectivity index (χ4n) is 1.23. The number of aromatic nitrogens is 3. The molecule has 0 bridgehead atoms. The van der Waals surface area contributed by atoms with Gasteiger partial charge in [-0.25, -0.2) is 0 Å². The predicted octanol–water partition coefficient (Wildman–Crippen LogP) is 1.65. The summed E-state index contributed by atoms with van der Waals surface area (Å²) in [7, 11) is 1.75. The standard InChI is InChI=1S/C9H10BrN5/c1-12-9-13-8(11)15(14-9)7-5-3-2-4-6(7)10/h2-5H,1H3,(H3,11,12,13,14). The van der Waals surface area contributed by atoms with Gasteiger partial charge in [-0.05, 0) is 28.1 Å². The van der Waals surface area contributed by atoms with E-state index in [4.69, 9.17) is 5.73 Å². The van der Waals surface area contributed by atoms with Crippen LogP contribution in [0.25, 0.3) is 5.69 Å². The van der Waals surface area contributed by atoms with Crippen molar-refractivity contribution in [2.45, 2.75) is 0 Å². The van der Waals surface area contributed by atoms with E-state index >= 15 is 0 Å². The van der Waals surface area contributed by atoms with Crippen molar-refractivity contribution in [2.75, 3.05) is 18.1 Å². The fraction of sp³-hybridized carbons (Fsp3) is 0.111. The number of para-hydroxylation sites is 1. The summed E-state index contributed by atoms with van der Waals surface area (Å²) in [5.74, 6) is 0.856. The maximum atomic E-state index is 5.75. The maximum absolute atomic E-state index is 5.75. The highest BCUT2D eigenvalue weighted by Gasteiger charge is 2.09. The third kappa shape index (κ3) is 1.80. The third-order valence-corrected chi connectivity index (χ3v) is 2.61. The van der Waals surface area contributed by atoms with Crippen molar-refractivity contribution in [3.05, 3.63) is 28.7 Å². The Morgan fingerprint density at radius 2 is 2.13 bits per heavy atom. The van der Waals surface area contributed by atoms with Crippen LogP contribution < -0.4 is 11.1 Å². The minimum absolute atomic E-state index is 0.353. The average molecular weight is 268 g/mol. The van der Waals surface area contributed by atoms with Crippen LogP contribution in [0.1, 0.15) is 0 Å². The molecular weight excluding hydrogens is 258 g/mol.